The molecule has 0 saturated heterocycles. The number of methoxy groups -OCH3 is 1. The second-order valence-electron chi connectivity index (χ2n) is 3.88. The Morgan fingerprint density at radius 2 is 2.05 bits per heavy atom. The van der Waals surface area contributed by atoms with Crippen molar-refractivity contribution in [3.8, 4) is 5.75 Å². The van der Waals surface area contributed by atoms with Crippen LogP contribution in [0.4, 0.5) is 0 Å². The molecule has 0 bridgehead atoms. The third kappa shape index (κ3) is 3.93. The summed E-state index contributed by atoms with van der Waals surface area (Å²) >= 11 is 0. The number of esters is 2. The highest BCUT2D eigenvalue weighted by atomic mass is 16.5. The SMILES string of the molecule is COC(=O)c1cc(C=CCO)cc(C)c1OC(C)=O. The first-order valence-corrected chi connectivity index (χ1v) is 5.68. The topological polar surface area (TPSA) is 72.8 Å². The second kappa shape index (κ2) is 6.70. The molecule has 19 heavy (non-hydrogen) atoms. The summed E-state index contributed by atoms with van der Waals surface area (Å²) < 4.78 is 9.71. The molecule has 0 saturated carbocycles. The summed E-state index contributed by atoms with van der Waals surface area (Å²) in [5.41, 5.74) is 1.52. The molecule has 0 amide bonds. The Morgan fingerprint density at radius 3 is 2.58 bits per heavy atom. The third-order valence-electron chi connectivity index (χ3n) is 2.36. The molecule has 0 fully saturated rings. The van der Waals surface area contributed by atoms with Crippen molar-refractivity contribution < 1.29 is 24.2 Å². The van der Waals surface area contributed by atoms with E-state index in [1.54, 1.807) is 31.2 Å². The van der Waals surface area contributed by atoms with E-state index < -0.39 is 11.9 Å². The molecule has 5 nitrogen and oxygen atoms in total. The van der Waals surface area contributed by atoms with Crippen LogP contribution in [0.25, 0.3) is 6.08 Å². The molecule has 5 heteroatoms. The molecule has 1 aromatic rings. The summed E-state index contributed by atoms with van der Waals surface area (Å²) in [6.45, 7) is 2.89. The van der Waals surface area contributed by atoms with E-state index in [-0.39, 0.29) is 17.9 Å². The fourth-order valence-electron chi connectivity index (χ4n) is 1.63. The lowest BCUT2D eigenvalue weighted by atomic mass is 10.0. The molecule has 1 aromatic carbocycles. The molecule has 0 aliphatic rings. The lowest BCUT2D eigenvalue weighted by Gasteiger charge is -2.11. The number of aryl methyl sites for hydroxylation is 1. The molecule has 1 rings (SSSR count). The molecule has 0 aliphatic carbocycles. The number of hydrogen-bond donors (Lipinski definition) is 1. The van der Waals surface area contributed by atoms with Crippen molar-refractivity contribution in [3.05, 3.63) is 34.9 Å². The van der Waals surface area contributed by atoms with Crippen molar-refractivity contribution in [1.29, 1.82) is 0 Å². The number of carbonyl (C=O) groups is 2. The number of ether oxygens (including phenoxy) is 2. The Labute approximate surface area is 111 Å². The molecule has 0 aliphatic heterocycles. The van der Waals surface area contributed by atoms with Crippen LogP contribution in [0.5, 0.6) is 5.75 Å². The highest BCUT2D eigenvalue weighted by molar-refractivity contribution is 5.94. The minimum absolute atomic E-state index is 0.0989. The van der Waals surface area contributed by atoms with Crippen molar-refractivity contribution >= 4 is 18.0 Å². The highest BCUT2D eigenvalue weighted by Gasteiger charge is 2.18. The minimum Gasteiger partial charge on any atom is -0.465 e. The first-order chi connectivity index (χ1) is 8.99. The lowest BCUT2D eigenvalue weighted by Crippen LogP contribution is -2.10. The van der Waals surface area contributed by atoms with Gasteiger partial charge in [0.25, 0.3) is 0 Å². The van der Waals surface area contributed by atoms with Crippen LogP contribution in [0.2, 0.25) is 0 Å². The fraction of sp³-hybridized carbons (Fsp3) is 0.286. The van der Waals surface area contributed by atoms with Crippen LogP contribution >= 0.6 is 0 Å². The molecular formula is C14H16O5. The number of hydrogen-bond acceptors (Lipinski definition) is 5. The second-order valence-corrected chi connectivity index (χ2v) is 3.88. The van der Waals surface area contributed by atoms with E-state index in [1.807, 2.05) is 0 Å². The van der Waals surface area contributed by atoms with Crippen LogP contribution in [0.3, 0.4) is 0 Å². The van der Waals surface area contributed by atoms with E-state index in [1.165, 1.54) is 14.0 Å². The molecule has 0 aromatic heterocycles. The molecular weight excluding hydrogens is 248 g/mol. The van der Waals surface area contributed by atoms with Crippen molar-refractivity contribution in [3.63, 3.8) is 0 Å². The van der Waals surface area contributed by atoms with Gasteiger partial charge in [-0.1, -0.05) is 12.2 Å². The minimum atomic E-state index is -0.585. The standard InChI is InChI=1S/C14H16O5/c1-9-7-11(5-4-6-15)8-12(14(17)18-3)13(9)19-10(2)16/h4-5,7-8,15H,6H2,1-3H3. The van der Waals surface area contributed by atoms with Gasteiger partial charge in [0.15, 0.2) is 0 Å². The van der Waals surface area contributed by atoms with Crippen LogP contribution in [-0.4, -0.2) is 30.8 Å². The quantitative estimate of drug-likeness (QED) is 0.662. The van der Waals surface area contributed by atoms with Gasteiger partial charge in [-0.05, 0) is 30.2 Å². The molecule has 0 spiro atoms. The van der Waals surface area contributed by atoms with E-state index in [4.69, 9.17) is 9.84 Å². The maximum atomic E-state index is 11.7. The Kier molecular flexibility index (Phi) is 5.26. The van der Waals surface area contributed by atoms with Gasteiger partial charge < -0.3 is 14.6 Å². The molecule has 1 N–H and O–H groups in total. The van der Waals surface area contributed by atoms with Gasteiger partial charge in [0.05, 0.1) is 13.7 Å². The summed E-state index contributed by atoms with van der Waals surface area (Å²) in [5.74, 6) is -0.897. The van der Waals surface area contributed by atoms with Gasteiger partial charge in [0.2, 0.25) is 0 Å². The third-order valence-corrected chi connectivity index (χ3v) is 2.36. The van der Waals surface area contributed by atoms with Crippen LogP contribution in [0.1, 0.15) is 28.4 Å². The first-order valence-electron chi connectivity index (χ1n) is 5.68. The number of benzene rings is 1. The molecule has 0 atom stereocenters. The summed E-state index contributed by atoms with van der Waals surface area (Å²) in [5, 5.41) is 8.75. The fourth-order valence-corrected chi connectivity index (χ4v) is 1.63. The zero-order valence-electron chi connectivity index (χ0n) is 11.1. The molecule has 0 heterocycles. The average molecular weight is 264 g/mol. The van der Waals surface area contributed by atoms with Gasteiger partial charge in [-0.15, -0.1) is 0 Å². The van der Waals surface area contributed by atoms with Gasteiger partial charge in [0, 0.05) is 6.92 Å². The number of aliphatic hydroxyl groups is 1. The van der Waals surface area contributed by atoms with Gasteiger partial charge in [0.1, 0.15) is 11.3 Å². The summed E-state index contributed by atoms with van der Waals surface area (Å²) in [6, 6.07) is 3.29. The number of rotatable bonds is 4. The van der Waals surface area contributed by atoms with Crippen LogP contribution < -0.4 is 4.74 Å². The normalized spacial score (nSPS) is 10.5. The maximum absolute atomic E-state index is 11.7. The largest absolute Gasteiger partial charge is 0.465 e. The van der Waals surface area contributed by atoms with E-state index >= 15 is 0 Å². The Morgan fingerprint density at radius 1 is 1.37 bits per heavy atom. The smallest absolute Gasteiger partial charge is 0.341 e. The van der Waals surface area contributed by atoms with E-state index in [2.05, 4.69) is 4.74 Å². The monoisotopic (exact) mass is 264 g/mol. The summed E-state index contributed by atoms with van der Waals surface area (Å²) in [6.07, 6.45) is 3.21. The van der Waals surface area contributed by atoms with E-state index in [0.717, 1.165) is 0 Å². The molecule has 102 valence electrons. The molecule has 0 radical (unpaired) electrons. The predicted molar refractivity (Wildman–Crippen MR) is 69.9 cm³/mol. The van der Waals surface area contributed by atoms with Crippen molar-refractivity contribution in [1.82, 2.24) is 0 Å². The Hall–Kier alpha value is -2.14. The molecule has 0 unspecified atom stereocenters. The van der Waals surface area contributed by atoms with Crippen molar-refractivity contribution in [2.45, 2.75) is 13.8 Å². The first kappa shape index (κ1) is 14.9. The van der Waals surface area contributed by atoms with Gasteiger partial charge in [-0.25, -0.2) is 4.79 Å². The van der Waals surface area contributed by atoms with Crippen molar-refractivity contribution in [2.75, 3.05) is 13.7 Å². The lowest BCUT2D eigenvalue weighted by molar-refractivity contribution is -0.131. The van der Waals surface area contributed by atoms with E-state index in [0.29, 0.717) is 11.1 Å². The van der Waals surface area contributed by atoms with Crippen LogP contribution in [0, 0.1) is 6.92 Å². The van der Waals surface area contributed by atoms with Crippen molar-refractivity contribution in [2.24, 2.45) is 0 Å². The zero-order chi connectivity index (χ0) is 14.4. The van der Waals surface area contributed by atoms with Gasteiger partial charge in [-0.3, -0.25) is 4.79 Å². The van der Waals surface area contributed by atoms with Gasteiger partial charge >= 0.3 is 11.9 Å². The number of carbonyl (C=O) groups excluding carboxylic acids is 2. The van der Waals surface area contributed by atoms with Crippen LogP contribution in [-0.2, 0) is 9.53 Å². The summed E-state index contributed by atoms with van der Waals surface area (Å²) in [4.78, 5) is 22.8. The maximum Gasteiger partial charge on any atom is 0.341 e. The van der Waals surface area contributed by atoms with Gasteiger partial charge in [-0.2, -0.15) is 0 Å². The number of aliphatic hydroxyl groups excluding tert-OH is 1. The Bertz CT molecular complexity index is 517. The van der Waals surface area contributed by atoms with E-state index in [9.17, 15) is 9.59 Å². The summed E-state index contributed by atoms with van der Waals surface area (Å²) in [7, 11) is 1.26. The predicted octanol–water partition coefficient (Wildman–Crippen LogP) is 1.71. The Balaban J connectivity index is 3.33. The van der Waals surface area contributed by atoms with Crippen LogP contribution in [0.15, 0.2) is 18.2 Å². The zero-order valence-corrected chi connectivity index (χ0v) is 11.1. The average Bonchev–Trinajstić information content (AvgIpc) is 2.37. The highest BCUT2D eigenvalue weighted by Crippen LogP contribution is 2.27.